The van der Waals surface area contributed by atoms with E-state index in [1.165, 1.54) is 67.3 Å². The first-order chi connectivity index (χ1) is 10.3. The molecule has 5 heteroatoms. The number of hydrogen-bond acceptors (Lipinski definition) is 5. The molecule has 1 unspecified atom stereocenters. The smallest absolute Gasteiger partial charge is 0.185 e. The summed E-state index contributed by atoms with van der Waals surface area (Å²) in [5, 5.41) is 1.23. The molecule has 1 saturated carbocycles. The minimum Gasteiger partial charge on any atom is -0.346 e. The second-order valence-corrected chi connectivity index (χ2v) is 7.83. The maximum Gasteiger partial charge on any atom is 0.185 e. The van der Waals surface area contributed by atoms with E-state index in [1.807, 2.05) is 11.3 Å². The van der Waals surface area contributed by atoms with E-state index >= 15 is 0 Å². The molecule has 2 aliphatic carbocycles. The molecule has 3 aliphatic rings. The van der Waals surface area contributed by atoms with Gasteiger partial charge in [0.15, 0.2) is 5.13 Å². The van der Waals surface area contributed by atoms with Gasteiger partial charge in [-0.1, -0.05) is 12.8 Å². The lowest BCUT2D eigenvalue weighted by molar-refractivity contribution is 0.187. The van der Waals surface area contributed by atoms with E-state index in [4.69, 9.17) is 10.7 Å². The standard InChI is InChI=1S/C16H26N4S/c17-13-6-3-7-14-15(13)18-16(21-14)20-10-8-19(9-11-20)12-4-1-2-5-12/h12-13H,1-11,17H2. The van der Waals surface area contributed by atoms with Crippen LogP contribution >= 0.6 is 11.3 Å². The molecule has 2 heterocycles. The van der Waals surface area contributed by atoms with Crippen molar-refractivity contribution in [3.05, 3.63) is 10.6 Å². The van der Waals surface area contributed by atoms with Crippen LogP contribution in [-0.2, 0) is 6.42 Å². The number of aromatic nitrogens is 1. The lowest BCUT2D eigenvalue weighted by Gasteiger charge is -2.38. The molecule has 116 valence electrons. The van der Waals surface area contributed by atoms with E-state index in [2.05, 4.69) is 9.80 Å². The van der Waals surface area contributed by atoms with E-state index in [9.17, 15) is 0 Å². The Morgan fingerprint density at radius 1 is 1.00 bits per heavy atom. The van der Waals surface area contributed by atoms with Crippen LogP contribution < -0.4 is 10.6 Å². The summed E-state index contributed by atoms with van der Waals surface area (Å²) >= 11 is 1.90. The summed E-state index contributed by atoms with van der Waals surface area (Å²) < 4.78 is 0. The lowest BCUT2D eigenvalue weighted by atomic mass is 9.99. The van der Waals surface area contributed by atoms with Gasteiger partial charge in [0, 0.05) is 43.1 Å². The largest absolute Gasteiger partial charge is 0.346 e. The average molecular weight is 306 g/mol. The van der Waals surface area contributed by atoms with Crippen molar-refractivity contribution in [1.82, 2.24) is 9.88 Å². The Kier molecular flexibility index (Phi) is 3.90. The fraction of sp³-hybridized carbons (Fsp3) is 0.812. The van der Waals surface area contributed by atoms with Crippen LogP contribution in [0.2, 0.25) is 0 Å². The van der Waals surface area contributed by atoms with Crippen molar-refractivity contribution in [2.75, 3.05) is 31.1 Å². The Hall–Kier alpha value is -0.650. The third-order valence-corrected chi connectivity index (χ3v) is 6.60. The number of fused-ring (bicyclic) bond motifs is 1. The fourth-order valence-corrected chi connectivity index (χ4v) is 5.35. The molecule has 21 heavy (non-hydrogen) atoms. The summed E-state index contributed by atoms with van der Waals surface area (Å²) in [5.74, 6) is 0. The van der Waals surface area contributed by atoms with Crippen LogP contribution in [0, 0.1) is 0 Å². The Morgan fingerprint density at radius 3 is 2.48 bits per heavy atom. The number of anilines is 1. The summed E-state index contributed by atoms with van der Waals surface area (Å²) in [6.07, 6.45) is 9.21. The fourth-order valence-electron chi connectivity index (χ4n) is 4.12. The summed E-state index contributed by atoms with van der Waals surface area (Å²) in [4.78, 5) is 11.5. The molecule has 1 aromatic heterocycles. The van der Waals surface area contributed by atoms with Gasteiger partial charge in [-0.05, 0) is 32.1 Å². The highest BCUT2D eigenvalue weighted by Crippen LogP contribution is 2.36. The normalized spacial score (nSPS) is 28.0. The van der Waals surface area contributed by atoms with Crippen LogP contribution in [0.3, 0.4) is 0 Å². The second kappa shape index (κ2) is 5.86. The second-order valence-electron chi connectivity index (χ2n) is 6.76. The maximum atomic E-state index is 6.21. The van der Waals surface area contributed by atoms with Crippen LogP contribution in [0.5, 0.6) is 0 Å². The molecule has 4 rings (SSSR count). The molecule has 4 nitrogen and oxygen atoms in total. The van der Waals surface area contributed by atoms with Gasteiger partial charge in [0.05, 0.1) is 5.69 Å². The Balaban J connectivity index is 1.42. The summed E-state index contributed by atoms with van der Waals surface area (Å²) in [6.45, 7) is 4.69. The number of nitrogens with two attached hydrogens (primary N) is 1. The van der Waals surface area contributed by atoms with Gasteiger partial charge in [0.2, 0.25) is 0 Å². The van der Waals surface area contributed by atoms with Crippen molar-refractivity contribution in [3.63, 3.8) is 0 Å². The number of nitrogens with zero attached hydrogens (tertiary/aromatic N) is 3. The molecule has 1 aliphatic heterocycles. The van der Waals surface area contributed by atoms with Crippen LogP contribution in [0.4, 0.5) is 5.13 Å². The van der Waals surface area contributed by atoms with Gasteiger partial charge in [-0.3, -0.25) is 4.90 Å². The summed E-state index contributed by atoms with van der Waals surface area (Å²) in [7, 11) is 0. The van der Waals surface area contributed by atoms with Crippen molar-refractivity contribution >= 4 is 16.5 Å². The quantitative estimate of drug-likeness (QED) is 0.912. The first-order valence-corrected chi connectivity index (χ1v) is 9.37. The van der Waals surface area contributed by atoms with Crippen molar-refractivity contribution in [2.24, 2.45) is 5.73 Å². The average Bonchev–Trinajstić information content (AvgIpc) is 3.18. The van der Waals surface area contributed by atoms with Gasteiger partial charge in [-0.15, -0.1) is 11.3 Å². The highest BCUT2D eigenvalue weighted by Gasteiger charge is 2.29. The van der Waals surface area contributed by atoms with Gasteiger partial charge in [-0.25, -0.2) is 4.98 Å². The van der Waals surface area contributed by atoms with Gasteiger partial charge >= 0.3 is 0 Å². The zero-order valence-electron chi connectivity index (χ0n) is 12.8. The Bertz CT molecular complexity index is 486. The molecule has 1 saturated heterocycles. The zero-order valence-corrected chi connectivity index (χ0v) is 13.6. The predicted octanol–water partition coefficient (Wildman–Crippen LogP) is 2.54. The van der Waals surface area contributed by atoms with E-state index in [0.717, 1.165) is 25.6 Å². The SMILES string of the molecule is NC1CCCc2sc(N3CCN(C4CCCC4)CC3)nc21. The monoisotopic (exact) mass is 306 g/mol. The predicted molar refractivity (Wildman–Crippen MR) is 88.0 cm³/mol. The Morgan fingerprint density at radius 2 is 1.76 bits per heavy atom. The highest BCUT2D eigenvalue weighted by molar-refractivity contribution is 7.15. The minimum atomic E-state index is 0.179. The number of piperazine rings is 1. The maximum absolute atomic E-state index is 6.21. The highest BCUT2D eigenvalue weighted by atomic mass is 32.1. The molecular weight excluding hydrogens is 280 g/mol. The molecule has 0 spiro atoms. The van der Waals surface area contributed by atoms with Crippen LogP contribution in [-0.4, -0.2) is 42.1 Å². The van der Waals surface area contributed by atoms with E-state index in [0.29, 0.717) is 0 Å². The summed E-state index contributed by atoms with van der Waals surface area (Å²) in [6, 6.07) is 1.05. The molecular formula is C16H26N4S. The molecule has 2 fully saturated rings. The van der Waals surface area contributed by atoms with Crippen molar-refractivity contribution < 1.29 is 0 Å². The third-order valence-electron chi connectivity index (χ3n) is 5.41. The molecule has 0 radical (unpaired) electrons. The molecule has 1 aromatic rings. The van der Waals surface area contributed by atoms with Crippen molar-refractivity contribution in [3.8, 4) is 0 Å². The molecule has 2 N–H and O–H groups in total. The van der Waals surface area contributed by atoms with Crippen LogP contribution in [0.1, 0.15) is 55.1 Å². The van der Waals surface area contributed by atoms with Gasteiger partial charge in [0.25, 0.3) is 0 Å². The van der Waals surface area contributed by atoms with E-state index in [-0.39, 0.29) is 6.04 Å². The third kappa shape index (κ3) is 2.71. The molecule has 0 aromatic carbocycles. The van der Waals surface area contributed by atoms with Crippen molar-refractivity contribution in [2.45, 2.75) is 57.0 Å². The number of thiazole rings is 1. The van der Waals surface area contributed by atoms with Gasteiger partial charge < -0.3 is 10.6 Å². The zero-order chi connectivity index (χ0) is 14.2. The van der Waals surface area contributed by atoms with Gasteiger partial charge in [0.1, 0.15) is 0 Å². The Labute approximate surface area is 131 Å². The van der Waals surface area contributed by atoms with Crippen LogP contribution in [0.15, 0.2) is 0 Å². The number of aryl methyl sites for hydroxylation is 1. The van der Waals surface area contributed by atoms with Gasteiger partial charge in [-0.2, -0.15) is 0 Å². The van der Waals surface area contributed by atoms with Crippen LogP contribution in [0.25, 0.3) is 0 Å². The minimum absolute atomic E-state index is 0.179. The number of rotatable bonds is 2. The first-order valence-electron chi connectivity index (χ1n) is 8.55. The molecule has 0 bridgehead atoms. The van der Waals surface area contributed by atoms with E-state index < -0.39 is 0 Å². The van der Waals surface area contributed by atoms with E-state index in [1.54, 1.807) is 0 Å². The topological polar surface area (TPSA) is 45.4 Å². The summed E-state index contributed by atoms with van der Waals surface area (Å²) in [5.41, 5.74) is 7.41. The molecule has 0 amide bonds. The number of hydrogen-bond donors (Lipinski definition) is 1. The lowest BCUT2D eigenvalue weighted by Crippen LogP contribution is -2.49. The molecule has 1 atom stereocenters. The first kappa shape index (κ1) is 14.0. The van der Waals surface area contributed by atoms with Crippen molar-refractivity contribution in [1.29, 1.82) is 0 Å².